The lowest BCUT2D eigenvalue weighted by Crippen LogP contribution is -2.19. The van der Waals surface area contributed by atoms with Gasteiger partial charge in [0, 0.05) is 11.1 Å². The molecule has 0 aliphatic heterocycles. The summed E-state index contributed by atoms with van der Waals surface area (Å²) >= 11 is 0. The van der Waals surface area contributed by atoms with E-state index >= 15 is 0 Å². The second-order valence-electron chi connectivity index (χ2n) is 7.12. The van der Waals surface area contributed by atoms with Gasteiger partial charge in [-0.15, -0.1) is 0 Å². The van der Waals surface area contributed by atoms with Crippen molar-refractivity contribution >= 4 is 11.6 Å². The molecule has 0 saturated heterocycles. The summed E-state index contributed by atoms with van der Waals surface area (Å²) in [6.45, 7) is 2.17. The van der Waals surface area contributed by atoms with Crippen LogP contribution in [-0.2, 0) is 6.61 Å². The molecule has 0 unspecified atom stereocenters. The lowest BCUT2D eigenvalue weighted by molar-refractivity contribution is 0.0950. The van der Waals surface area contributed by atoms with Crippen LogP contribution < -0.4 is 10.2 Å². The summed E-state index contributed by atoms with van der Waals surface area (Å²) < 4.78 is 5.87. The molecule has 0 aliphatic rings. The first-order valence-electron chi connectivity index (χ1n) is 10.1. The standard InChI is InChI=1S/C25H22N4O3/c1-17(21-12-5-6-13-24(21)30)26-29-25(31)23-15-22(27-28-23)19-10-7-11-20(14-19)32-16-18-8-3-2-4-9-18/h2-15,30H,16H2,1H3,(H,27,28)(H,29,31). The Kier molecular flexibility index (Phi) is 6.27. The van der Waals surface area contributed by atoms with Gasteiger partial charge in [-0.2, -0.15) is 10.2 Å². The van der Waals surface area contributed by atoms with E-state index in [-0.39, 0.29) is 11.4 Å². The van der Waals surface area contributed by atoms with Gasteiger partial charge in [-0.3, -0.25) is 9.89 Å². The van der Waals surface area contributed by atoms with Crippen LogP contribution in [0.5, 0.6) is 11.5 Å². The third-order valence-corrected chi connectivity index (χ3v) is 4.82. The van der Waals surface area contributed by atoms with Gasteiger partial charge < -0.3 is 9.84 Å². The number of amides is 1. The molecule has 0 bridgehead atoms. The number of ether oxygens (including phenoxy) is 1. The third kappa shape index (κ3) is 5.02. The second-order valence-corrected chi connectivity index (χ2v) is 7.12. The van der Waals surface area contributed by atoms with Crippen molar-refractivity contribution in [2.75, 3.05) is 0 Å². The summed E-state index contributed by atoms with van der Waals surface area (Å²) in [5, 5.41) is 20.9. The fourth-order valence-electron chi connectivity index (χ4n) is 3.11. The highest BCUT2D eigenvalue weighted by Gasteiger charge is 2.12. The molecule has 0 fully saturated rings. The van der Waals surface area contributed by atoms with Gasteiger partial charge in [-0.05, 0) is 42.8 Å². The van der Waals surface area contributed by atoms with E-state index in [1.54, 1.807) is 37.3 Å². The van der Waals surface area contributed by atoms with Gasteiger partial charge in [0.2, 0.25) is 0 Å². The van der Waals surface area contributed by atoms with Gasteiger partial charge in [0.05, 0.1) is 11.4 Å². The van der Waals surface area contributed by atoms with Crippen LogP contribution in [0.15, 0.2) is 90.0 Å². The molecular formula is C25H22N4O3. The summed E-state index contributed by atoms with van der Waals surface area (Å²) in [4.78, 5) is 12.5. The molecule has 1 amide bonds. The van der Waals surface area contributed by atoms with Crippen molar-refractivity contribution in [3.8, 4) is 22.8 Å². The molecule has 0 aliphatic carbocycles. The number of carbonyl (C=O) groups is 1. The number of hydrogen-bond donors (Lipinski definition) is 3. The summed E-state index contributed by atoms with van der Waals surface area (Å²) in [7, 11) is 0. The zero-order chi connectivity index (χ0) is 22.3. The monoisotopic (exact) mass is 426 g/mol. The Bertz CT molecular complexity index is 1250. The highest BCUT2D eigenvalue weighted by Crippen LogP contribution is 2.23. The average Bonchev–Trinajstić information content (AvgIpc) is 3.33. The quantitative estimate of drug-likeness (QED) is 0.299. The molecule has 3 N–H and O–H groups in total. The normalized spacial score (nSPS) is 11.2. The van der Waals surface area contributed by atoms with E-state index in [0.29, 0.717) is 29.3 Å². The predicted molar refractivity (Wildman–Crippen MR) is 123 cm³/mol. The fraction of sp³-hybridized carbons (Fsp3) is 0.0800. The summed E-state index contributed by atoms with van der Waals surface area (Å²) in [5.74, 6) is 0.374. The third-order valence-electron chi connectivity index (χ3n) is 4.82. The van der Waals surface area contributed by atoms with Crippen molar-refractivity contribution in [3.05, 3.63) is 102 Å². The number of H-pyrrole nitrogens is 1. The number of phenolic OH excluding ortho intramolecular Hbond substituents is 1. The Labute approximate surface area is 185 Å². The second kappa shape index (κ2) is 9.61. The van der Waals surface area contributed by atoms with Crippen LogP contribution in [0.2, 0.25) is 0 Å². The highest BCUT2D eigenvalue weighted by atomic mass is 16.5. The molecule has 0 saturated carbocycles. The summed E-state index contributed by atoms with van der Waals surface area (Å²) in [5.41, 5.74) is 6.29. The Morgan fingerprint density at radius 3 is 2.62 bits per heavy atom. The molecule has 0 spiro atoms. The number of nitrogens with one attached hydrogen (secondary N) is 2. The number of phenols is 1. The van der Waals surface area contributed by atoms with Gasteiger partial charge >= 0.3 is 0 Å². The van der Waals surface area contributed by atoms with Gasteiger partial charge in [0.25, 0.3) is 5.91 Å². The minimum absolute atomic E-state index is 0.0983. The lowest BCUT2D eigenvalue weighted by atomic mass is 10.1. The highest BCUT2D eigenvalue weighted by molar-refractivity contribution is 6.02. The topological polar surface area (TPSA) is 99.6 Å². The average molecular weight is 426 g/mol. The van der Waals surface area contributed by atoms with E-state index < -0.39 is 5.91 Å². The number of carbonyl (C=O) groups excluding carboxylic acids is 1. The number of rotatable bonds is 7. The summed E-state index contributed by atoms with van der Waals surface area (Å²) in [6, 6.07) is 25.9. The fourth-order valence-corrected chi connectivity index (χ4v) is 3.11. The van der Waals surface area contributed by atoms with E-state index in [2.05, 4.69) is 20.7 Å². The molecule has 4 aromatic rings. The smallest absolute Gasteiger partial charge is 0.289 e. The molecule has 0 radical (unpaired) electrons. The van der Waals surface area contributed by atoms with Crippen molar-refractivity contribution in [2.45, 2.75) is 13.5 Å². The molecule has 1 aromatic heterocycles. The van der Waals surface area contributed by atoms with Gasteiger partial charge in [0.15, 0.2) is 0 Å². The number of para-hydroxylation sites is 1. The van der Waals surface area contributed by atoms with Crippen LogP contribution in [-0.4, -0.2) is 26.9 Å². The Hall–Kier alpha value is -4.39. The van der Waals surface area contributed by atoms with Gasteiger partial charge in [0.1, 0.15) is 23.8 Å². The van der Waals surface area contributed by atoms with Crippen LogP contribution >= 0.6 is 0 Å². The minimum atomic E-state index is -0.435. The largest absolute Gasteiger partial charge is 0.507 e. The van der Waals surface area contributed by atoms with Crippen molar-refractivity contribution in [3.63, 3.8) is 0 Å². The molecule has 160 valence electrons. The molecule has 4 rings (SSSR count). The van der Waals surface area contributed by atoms with Gasteiger partial charge in [-0.25, -0.2) is 5.43 Å². The van der Waals surface area contributed by atoms with E-state index in [9.17, 15) is 9.90 Å². The first-order chi connectivity index (χ1) is 15.6. The number of hydrazone groups is 1. The van der Waals surface area contributed by atoms with Crippen molar-refractivity contribution in [1.82, 2.24) is 15.6 Å². The van der Waals surface area contributed by atoms with Crippen LogP contribution in [0.25, 0.3) is 11.3 Å². The molecule has 32 heavy (non-hydrogen) atoms. The molecule has 0 atom stereocenters. The molecular weight excluding hydrogens is 404 g/mol. The predicted octanol–water partition coefficient (Wildman–Crippen LogP) is 4.52. The zero-order valence-electron chi connectivity index (χ0n) is 17.4. The number of aromatic nitrogens is 2. The molecule has 7 heteroatoms. The SMILES string of the molecule is CC(=NNC(=O)c1cc(-c2cccc(OCc3ccccc3)c2)n[nH]1)c1ccccc1O. The molecule has 7 nitrogen and oxygen atoms in total. The number of aromatic hydroxyl groups is 1. The van der Waals surface area contributed by atoms with Crippen LogP contribution in [0, 0.1) is 0 Å². The number of nitrogens with zero attached hydrogens (tertiary/aromatic N) is 2. The zero-order valence-corrected chi connectivity index (χ0v) is 17.4. The number of benzene rings is 3. The van der Waals surface area contributed by atoms with Crippen LogP contribution in [0.4, 0.5) is 0 Å². The number of hydrogen-bond acceptors (Lipinski definition) is 5. The van der Waals surface area contributed by atoms with E-state index in [1.165, 1.54) is 0 Å². The Balaban J connectivity index is 1.42. The van der Waals surface area contributed by atoms with E-state index in [0.717, 1.165) is 11.1 Å². The van der Waals surface area contributed by atoms with E-state index in [4.69, 9.17) is 4.74 Å². The van der Waals surface area contributed by atoms with Crippen molar-refractivity contribution < 1.29 is 14.6 Å². The first-order valence-corrected chi connectivity index (χ1v) is 10.1. The summed E-state index contributed by atoms with van der Waals surface area (Å²) in [6.07, 6.45) is 0. The Morgan fingerprint density at radius 1 is 1.03 bits per heavy atom. The lowest BCUT2D eigenvalue weighted by Gasteiger charge is -2.07. The van der Waals surface area contributed by atoms with Crippen molar-refractivity contribution in [2.24, 2.45) is 5.10 Å². The number of aromatic amines is 1. The van der Waals surface area contributed by atoms with Crippen molar-refractivity contribution in [1.29, 1.82) is 0 Å². The maximum absolute atomic E-state index is 12.5. The van der Waals surface area contributed by atoms with E-state index in [1.807, 2.05) is 54.6 Å². The Morgan fingerprint density at radius 2 is 1.81 bits per heavy atom. The molecule has 1 heterocycles. The maximum Gasteiger partial charge on any atom is 0.289 e. The first kappa shape index (κ1) is 20.9. The molecule has 3 aromatic carbocycles. The van der Waals surface area contributed by atoms with Crippen LogP contribution in [0.3, 0.4) is 0 Å². The van der Waals surface area contributed by atoms with Crippen LogP contribution in [0.1, 0.15) is 28.5 Å². The minimum Gasteiger partial charge on any atom is -0.507 e. The maximum atomic E-state index is 12.5. The van der Waals surface area contributed by atoms with Gasteiger partial charge in [-0.1, -0.05) is 54.6 Å².